The van der Waals surface area contributed by atoms with E-state index in [2.05, 4.69) is 61.4 Å². The van der Waals surface area contributed by atoms with Gasteiger partial charge in [0.15, 0.2) is 5.82 Å². The fourth-order valence-corrected chi connectivity index (χ4v) is 2.53. The molecular weight excluding hydrogens is 304 g/mol. The Bertz CT molecular complexity index is 991. The first kappa shape index (κ1) is 14.2. The minimum Gasteiger partial charge on any atom is -0.368 e. The maximum Gasteiger partial charge on any atom is 0.221 e. The number of aromatic nitrogens is 6. The van der Waals surface area contributed by atoms with E-state index in [9.17, 15) is 0 Å². The number of imidazole rings is 1. The summed E-state index contributed by atoms with van der Waals surface area (Å²) < 4.78 is 0. The predicted molar refractivity (Wildman–Crippen MR) is 92.9 cm³/mol. The Morgan fingerprint density at radius 2 is 1.96 bits per heavy atom. The second-order valence-electron chi connectivity index (χ2n) is 5.62. The molecule has 0 fully saturated rings. The van der Waals surface area contributed by atoms with Crippen LogP contribution in [0.25, 0.3) is 22.6 Å². The van der Waals surface area contributed by atoms with Crippen molar-refractivity contribution in [1.29, 1.82) is 0 Å². The van der Waals surface area contributed by atoms with Gasteiger partial charge in [0.05, 0.1) is 22.9 Å². The summed E-state index contributed by atoms with van der Waals surface area (Å²) in [5.74, 6) is 1.50. The van der Waals surface area contributed by atoms with Gasteiger partial charge in [-0.2, -0.15) is 10.1 Å². The molecule has 4 rings (SSSR count). The van der Waals surface area contributed by atoms with Gasteiger partial charge >= 0.3 is 0 Å². The van der Waals surface area contributed by atoms with E-state index in [0.717, 1.165) is 22.4 Å². The summed E-state index contributed by atoms with van der Waals surface area (Å²) in [4.78, 5) is 16.0. The van der Waals surface area contributed by atoms with Gasteiger partial charge in [0.25, 0.3) is 0 Å². The lowest BCUT2D eigenvalue weighted by molar-refractivity contribution is 1.08. The van der Waals surface area contributed by atoms with Crippen LogP contribution in [-0.2, 0) is 0 Å². The zero-order chi connectivity index (χ0) is 16.7. The third-order valence-corrected chi connectivity index (χ3v) is 3.91. The number of H-pyrrole nitrogens is 2. The second-order valence-corrected chi connectivity index (χ2v) is 5.62. The van der Waals surface area contributed by atoms with Gasteiger partial charge in [-0.25, -0.2) is 9.97 Å². The Kier molecular flexibility index (Phi) is 3.16. The zero-order valence-electron chi connectivity index (χ0n) is 13.3. The smallest absolute Gasteiger partial charge is 0.221 e. The molecule has 8 nitrogen and oxygen atoms in total. The van der Waals surface area contributed by atoms with Gasteiger partial charge in [-0.1, -0.05) is 0 Å². The van der Waals surface area contributed by atoms with Crippen LogP contribution in [0.4, 0.5) is 17.5 Å². The highest BCUT2D eigenvalue weighted by Gasteiger charge is 2.13. The van der Waals surface area contributed by atoms with E-state index in [1.54, 1.807) is 18.5 Å². The number of benzene rings is 1. The lowest BCUT2D eigenvalue weighted by Gasteiger charge is -2.04. The van der Waals surface area contributed by atoms with Crippen molar-refractivity contribution in [2.24, 2.45) is 0 Å². The van der Waals surface area contributed by atoms with E-state index in [-0.39, 0.29) is 5.95 Å². The molecule has 0 saturated carbocycles. The molecule has 4 aromatic rings. The van der Waals surface area contributed by atoms with Gasteiger partial charge in [0, 0.05) is 6.20 Å². The van der Waals surface area contributed by atoms with Crippen LogP contribution < -0.4 is 11.1 Å². The van der Waals surface area contributed by atoms with Gasteiger partial charge in [-0.3, -0.25) is 5.10 Å². The van der Waals surface area contributed by atoms with Crippen molar-refractivity contribution in [3.05, 3.63) is 41.7 Å². The summed E-state index contributed by atoms with van der Waals surface area (Å²) in [6, 6.07) is 5.90. The van der Waals surface area contributed by atoms with Crippen molar-refractivity contribution >= 4 is 28.5 Å². The lowest BCUT2D eigenvalue weighted by atomic mass is 10.1. The highest BCUT2D eigenvalue weighted by Crippen LogP contribution is 2.28. The van der Waals surface area contributed by atoms with E-state index in [0.29, 0.717) is 11.6 Å². The van der Waals surface area contributed by atoms with E-state index >= 15 is 0 Å². The Morgan fingerprint density at radius 1 is 1.12 bits per heavy atom. The van der Waals surface area contributed by atoms with Crippen molar-refractivity contribution in [2.75, 3.05) is 11.1 Å². The molecule has 120 valence electrons. The number of nitrogen functional groups attached to an aromatic ring is 1. The molecule has 0 saturated heterocycles. The summed E-state index contributed by atoms with van der Waals surface area (Å²) in [6.07, 6.45) is 3.27. The molecule has 8 heteroatoms. The van der Waals surface area contributed by atoms with Crippen LogP contribution in [0.1, 0.15) is 11.1 Å². The highest BCUT2D eigenvalue weighted by atomic mass is 15.2. The molecule has 1 aromatic carbocycles. The number of nitrogens with zero attached hydrogens (tertiary/aromatic N) is 4. The lowest BCUT2D eigenvalue weighted by Crippen LogP contribution is -1.99. The monoisotopic (exact) mass is 320 g/mol. The first-order valence-electron chi connectivity index (χ1n) is 7.46. The average Bonchev–Trinajstić information content (AvgIpc) is 3.14. The number of hydrogen-bond donors (Lipinski definition) is 4. The second kappa shape index (κ2) is 5.34. The summed E-state index contributed by atoms with van der Waals surface area (Å²) in [7, 11) is 0. The Hall–Kier alpha value is -3.42. The molecule has 3 aromatic heterocycles. The molecule has 24 heavy (non-hydrogen) atoms. The van der Waals surface area contributed by atoms with E-state index in [4.69, 9.17) is 5.73 Å². The summed E-state index contributed by atoms with van der Waals surface area (Å²) in [5, 5.41) is 10.2. The van der Waals surface area contributed by atoms with Crippen LogP contribution in [0.5, 0.6) is 0 Å². The molecule has 5 N–H and O–H groups in total. The van der Waals surface area contributed by atoms with Gasteiger partial charge in [-0.05, 0) is 43.2 Å². The Morgan fingerprint density at radius 3 is 2.79 bits per heavy atom. The van der Waals surface area contributed by atoms with Crippen molar-refractivity contribution in [2.45, 2.75) is 13.8 Å². The maximum absolute atomic E-state index is 5.61. The minimum atomic E-state index is 0.208. The topological polar surface area (TPSA) is 121 Å². The number of hydrogen-bond acceptors (Lipinski definition) is 6. The van der Waals surface area contributed by atoms with Crippen molar-refractivity contribution in [3.63, 3.8) is 0 Å². The molecule has 0 amide bonds. The molecular formula is C16H16N8. The zero-order valence-corrected chi connectivity index (χ0v) is 13.3. The van der Waals surface area contributed by atoms with E-state index < -0.39 is 0 Å². The van der Waals surface area contributed by atoms with Gasteiger partial charge < -0.3 is 16.0 Å². The number of aryl methyl sites for hydroxylation is 2. The summed E-state index contributed by atoms with van der Waals surface area (Å²) in [5.41, 5.74) is 11.4. The molecule has 0 aliphatic heterocycles. The number of rotatable bonds is 3. The number of nitrogens with one attached hydrogen (secondary N) is 3. The SMILES string of the molecule is Cc1cc2nc(-c3[nH]ncc3Nc3ccnc(N)n3)[nH]c2cc1C. The minimum absolute atomic E-state index is 0.208. The van der Waals surface area contributed by atoms with Crippen LogP contribution >= 0.6 is 0 Å². The molecule has 0 aliphatic rings. The molecule has 0 bridgehead atoms. The van der Waals surface area contributed by atoms with Crippen LogP contribution in [0.2, 0.25) is 0 Å². The fraction of sp³-hybridized carbons (Fsp3) is 0.125. The largest absolute Gasteiger partial charge is 0.368 e. The van der Waals surface area contributed by atoms with Gasteiger partial charge in [0.1, 0.15) is 11.5 Å². The third kappa shape index (κ3) is 2.43. The molecule has 0 spiro atoms. The Balaban J connectivity index is 1.74. The van der Waals surface area contributed by atoms with Crippen molar-refractivity contribution in [1.82, 2.24) is 30.1 Å². The van der Waals surface area contributed by atoms with Crippen molar-refractivity contribution < 1.29 is 0 Å². The molecule has 0 atom stereocenters. The number of aromatic amines is 2. The van der Waals surface area contributed by atoms with E-state index in [1.807, 2.05) is 0 Å². The van der Waals surface area contributed by atoms with Crippen LogP contribution in [0.15, 0.2) is 30.6 Å². The number of anilines is 3. The van der Waals surface area contributed by atoms with E-state index in [1.165, 1.54) is 11.1 Å². The first-order valence-corrected chi connectivity index (χ1v) is 7.46. The quantitative estimate of drug-likeness (QED) is 0.460. The van der Waals surface area contributed by atoms with Crippen molar-refractivity contribution in [3.8, 4) is 11.5 Å². The standard InChI is InChI=1S/C16H16N8/c1-8-5-10-11(6-9(8)2)22-15(21-10)14-12(7-19-24-14)20-13-3-4-18-16(17)23-13/h3-7H,1-2H3,(H,19,24)(H,21,22)(H3,17,18,20,23). The molecule has 0 unspecified atom stereocenters. The van der Waals surface area contributed by atoms with Crippen LogP contribution in [-0.4, -0.2) is 30.1 Å². The predicted octanol–water partition coefficient (Wildman–Crippen LogP) is 2.69. The molecule has 0 radical (unpaired) electrons. The van der Waals surface area contributed by atoms with Crippen LogP contribution in [0, 0.1) is 13.8 Å². The first-order chi connectivity index (χ1) is 11.6. The van der Waals surface area contributed by atoms with Gasteiger partial charge in [0.2, 0.25) is 5.95 Å². The number of fused-ring (bicyclic) bond motifs is 1. The van der Waals surface area contributed by atoms with Gasteiger partial charge in [-0.15, -0.1) is 0 Å². The number of nitrogens with two attached hydrogens (primary N) is 1. The summed E-state index contributed by atoms with van der Waals surface area (Å²) >= 11 is 0. The van der Waals surface area contributed by atoms with Crippen LogP contribution in [0.3, 0.4) is 0 Å². The fourth-order valence-electron chi connectivity index (χ4n) is 2.53. The molecule has 3 heterocycles. The Labute approximate surface area is 137 Å². The maximum atomic E-state index is 5.61. The third-order valence-electron chi connectivity index (χ3n) is 3.91. The molecule has 0 aliphatic carbocycles. The normalized spacial score (nSPS) is 11.1. The average molecular weight is 320 g/mol. The summed E-state index contributed by atoms with van der Waals surface area (Å²) in [6.45, 7) is 4.16. The highest BCUT2D eigenvalue weighted by molar-refractivity contribution is 5.83.